The molecule has 1 amide bonds. The van der Waals surface area contributed by atoms with Crippen molar-refractivity contribution >= 4 is 11.7 Å². The van der Waals surface area contributed by atoms with E-state index in [9.17, 15) is 4.79 Å². The number of likely N-dealkylation sites (tertiary alicyclic amines) is 1. The molecule has 1 aromatic rings. The van der Waals surface area contributed by atoms with Crippen LogP contribution in [0.5, 0.6) is 0 Å². The van der Waals surface area contributed by atoms with E-state index in [0.717, 1.165) is 50.5 Å². The van der Waals surface area contributed by atoms with Crippen LogP contribution in [0.15, 0.2) is 12.1 Å². The Morgan fingerprint density at radius 3 is 2.76 bits per heavy atom. The zero-order valence-corrected chi connectivity index (χ0v) is 13.3. The third-order valence-electron chi connectivity index (χ3n) is 3.96. The number of piperidine rings is 1. The maximum atomic E-state index is 12.3. The molecule has 1 saturated heterocycles. The van der Waals surface area contributed by atoms with Gasteiger partial charge in [0.25, 0.3) is 5.91 Å². The summed E-state index contributed by atoms with van der Waals surface area (Å²) in [7, 11) is 2.15. The van der Waals surface area contributed by atoms with E-state index in [4.69, 9.17) is 0 Å². The fraction of sp³-hybridized carbons (Fsp3) is 0.625. The van der Waals surface area contributed by atoms with Crippen LogP contribution in [-0.4, -0.2) is 49.0 Å². The normalized spacial score (nSPS) is 16.7. The van der Waals surface area contributed by atoms with Gasteiger partial charge in [-0.2, -0.15) is 0 Å². The van der Waals surface area contributed by atoms with Crippen molar-refractivity contribution in [3.8, 4) is 0 Å². The first-order valence-electron chi connectivity index (χ1n) is 7.77. The summed E-state index contributed by atoms with van der Waals surface area (Å²) in [5.74, 6) is 1.36. The predicted molar refractivity (Wildman–Crippen MR) is 85.7 cm³/mol. The minimum absolute atomic E-state index is 0.00131. The summed E-state index contributed by atoms with van der Waals surface area (Å²) in [6.07, 6.45) is 2.32. The average Bonchev–Trinajstić information content (AvgIpc) is 2.46. The number of aryl methyl sites for hydroxylation is 1. The number of pyridine rings is 1. The Morgan fingerprint density at radius 2 is 2.10 bits per heavy atom. The lowest BCUT2D eigenvalue weighted by Crippen LogP contribution is -2.36. The van der Waals surface area contributed by atoms with Crippen molar-refractivity contribution in [3.63, 3.8) is 0 Å². The van der Waals surface area contributed by atoms with Crippen molar-refractivity contribution in [1.82, 2.24) is 15.2 Å². The van der Waals surface area contributed by atoms with E-state index in [0.29, 0.717) is 11.5 Å². The third-order valence-corrected chi connectivity index (χ3v) is 3.96. The third kappa shape index (κ3) is 4.70. The van der Waals surface area contributed by atoms with E-state index in [1.54, 1.807) is 0 Å². The molecule has 5 nitrogen and oxygen atoms in total. The molecule has 0 radical (unpaired) electrons. The lowest BCUT2D eigenvalue weighted by Gasteiger charge is -2.28. The topological polar surface area (TPSA) is 57.3 Å². The van der Waals surface area contributed by atoms with Crippen LogP contribution in [0.4, 0.5) is 5.82 Å². The quantitative estimate of drug-likeness (QED) is 0.869. The molecular weight excluding hydrogens is 264 g/mol. The van der Waals surface area contributed by atoms with Gasteiger partial charge in [0, 0.05) is 24.3 Å². The largest absolute Gasteiger partial charge is 0.370 e. The fourth-order valence-corrected chi connectivity index (χ4v) is 2.68. The molecule has 2 rings (SSSR count). The molecule has 0 spiro atoms. The van der Waals surface area contributed by atoms with Gasteiger partial charge in [-0.05, 0) is 64.9 Å². The molecule has 116 valence electrons. The highest BCUT2D eigenvalue weighted by Gasteiger charge is 2.17. The van der Waals surface area contributed by atoms with Crippen LogP contribution in [0, 0.1) is 12.8 Å². The van der Waals surface area contributed by atoms with E-state index >= 15 is 0 Å². The smallest absolute Gasteiger partial charge is 0.251 e. The van der Waals surface area contributed by atoms with Gasteiger partial charge < -0.3 is 15.5 Å². The summed E-state index contributed by atoms with van der Waals surface area (Å²) >= 11 is 0. The number of aromatic nitrogens is 1. The number of amides is 1. The maximum absolute atomic E-state index is 12.3. The van der Waals surface area contributed by atoms with Crippen molar-refractivity contribution in [3.05, 3.63) is 23.4 Å². The van der Waals surface area contributed by atoms with Crippen molar-refractivity contribution in [2.45, 2.75) is 26.7 Å². The summed E-state index contributed by atoms with van der Waals surface area (Å²) in [6.45, 7) is 7.75. The molecule has 2 N–H and O–H groups in total. The maximum Gasteiger partial charge on any atom is 0.251 e. The zero-order chi connectivity index (χ0) is 15.2. The fourth-order valence-electron chi connectivity index (χ4n) is 2.68. The van der Waals surface area contributed by atoms with Crippen LogP contribution >= 0.6 is 0 Å². The molecule has 1 fully saturated rings. The number of carbonyl (C=O) groups excluding carboxylic acids is 1. The van der Waals surface area contributed by atoms with Crippen LogP contribution in [0.1, 0.15) is 35.8 Å². The molecule has 1 aliphatic heterocycles. The van der Waals surface area contributed by atoms with E-state index in [-0.39, 0.29) is 5.91 Å². The van der Waals surface area contributed by atoms with Crippen molar-refractivity contribution in [1.29, 1.82) is 0 Å². The van der Waals surface area contributed by atoms with E-state index in [2.05, 4.69) is 27.6 Å². The second-order valence-corrected chi connectivity index (χ2v) is 5.87. The Balaban J connectivity index is 1.90. The molecule has 0 unspecified atom stereocenters. The number of nitrogens with zero attached hydrogens (tertiary/aromatic N) is 2. The summed E-state index contributed by atoms with van der Waals surface area (Å²) in [5.41, 5.74) is 1.55. The van der Waals surface area contributed by atoms with Crippen LogP contribution in [0.2, 0.25) is 0 Å². The summed E-state index contributed by atoms with van der Waals surface area (Å²) in [4.78, 5) is 19.0. The average molecular weight is 290 g/mol. The SMILES string of the molecule is CCNc1cc(C(=O)NCC2CCN(C)CC2)cc(C)n1. The first kappa shape index (κ1) is 15.8. The van der Waals surface area contributed by atoms with Crippen molar-refractivity contribution in [2.24, 2.45) is 5.92 Å². The number of nitrogens with one attached hydrogen (secondary N) is 2. The van der Waals surface area contributed by atoms with E-state index in [1.807, 2.05) is 26.0 Å². The molecule has 1 aromatic heterocycles. The zero-order valence-electron chi connectivity index (χ0n) is 13.3. The van der Waals surface area contributed by atoms with Gasteiger partial charge in [0.1, 0.15) is 5.82 Å². The summed E-state index contributed by atoms with van der Waals surface area (Å²) in [6, 6.07) is 3.66. The first-order chi connectivity index (χ1) is 10.1. The molecule has 1 aliphatic rings. The Morgan fingerprint density at radius 1 is 1.38 bits per heavy atom. The molecule has 0 saturated carbocycles. The van der Waals surface area contributed by atoms with Gasteiger partial charge in [0.15, 0.2) is 0 Å². The molecule has 5 heteroatoms. The van der Waals surface area contributed by atoms with Gasteiger partial charge in [-0.25, -0.2) is 4.98 Å². The van der Waals surface area contributed by atoms with Crippen LogP contribution in [0.3, 0.4) is 0 Å². The highest BCUT2D eigenvalue weighted by molar-refractivity contribution is 5.95. The first-order valence-corrected chi connectivity index (χ1v) is 7.77. The minimum Gasteiger partial charge on any atom is -0.370 e. The summed E-state index contributed by atoms with van der Waals surface area (Å²) < 4.78 is 0. The Bertz CT molecular complexity index is 481. The number of hydrogen-bond donors (Lipinski definition) is 2. The van der Waals surface area contributed by atoms with Gasteiger partial charge >= 0.3 is 0 Å². The molecule has 0 bridgehead atoms. The standard InChI is InChI=1S/C16H26N4O/c1-4-17-15-10-14(9-12(2)19-15)16(21)18-11-13-5-7-20(3)8-6-13/h9-10,13H,4-8,11H2,1-3H3,(H,17,19)(H,18,21). The predicted octanol–water partition coefficient (Wildman–Crippen LogP) is 1.89. The summed E-state index contributed by atoms with van der Waals surface area (Å²) in [5, 5.41) is 6.22. The highest BCUT2D eigenvalue weighted by Crippen LogP contribution is 2.15. The Hall–Kier alpha value is -1.62. The number of rotatable bonds is 5. The van der Waals surface area contributed by atoms with Gasteiger partial charge in [-0.1, -0.05) is 0 Å². The lowest BCUT2D eigenvalue weighted by atomic mass is 9.97. The van der Waals surface area contributed by atoms with Gasteiger partial charge in [0.2, 0.25) is 0 Å². The van der Waals surface area contributed by atoms with Crippen molar-refractivity contribution < 1.29 is 4.79 Å². The second-order valence-electron chi connectivity index (χ2n) is 5.87. The van der Waals surface area contributed by atoms with E-state index < -0.39 is 0 Å². The molecular formula is C16H26N4O. The number of hydrogen-bond acceptors (Lipinski definition) is 4. The van der Waals surface area contributed by atoms with Gasteiger partial charge in [0.05, 0.1) is 0 Å². The molecule has 2 heterocycles. The molecule has 0 atom stereocenters. The number of carbonyl (C=O) groups is 1. The highest BCUT2D eigenvalue weighted by atomic mass is 16.1. The van der Waals surface area contributed by atoms with Gasteiger partial charge in [-0.3, -0.25) is 4.79 Å². The second kappa shape index (κ2) is 7.41. The monoisotopic (exact) mass is 290 g/mol. The van der Waals surface area contributed by atoms with Crippen LogP contribution in [0.25, 0.3) is 0 Å². The van der Waals surface area contributed by atoms with Crippen LogP contribution in [-0.2, 0) is 0 Å². The van der Waals surface area contributed by atoms with Gasteiger partial charge in [-0.15, -0.1) is 0 Å². The Labute approximate surface area is 127 Å². The minimum atomic E-state index is -0.00131. The van der Waals surface area contributed by atoms with Crippen LogP contribution < -0.4 is 10.6 Å². The Kier molecular flexibility index (Phi) is 5.56. The molecule has 0 aliphatic carbocycles. The van der Waals surface area contributed by atoms with Crippen molar-refractivity contribution in [2.75, 3.05) is 38.5 Å². The number of anilines is 1. The lowest BCUT2D eigenvalue weighted by molar-refractivity contribution is 0.0939. The van der Waals surface area contributed by atoms with E-state index in [1.165, 1.54) is 0 Å². The molecule has 0 aromatic carbocycles. The molecule has 21 heavy (non-hydrogen) atoms.